The normalized spacial score (nSPS) is 14.4. The van der Waals surface area contributed by atoms with Crippen LogP contribution >= 0.6 is 11.3 Å². The smallest absolute Gasteiger partial charge is 0.220 e. The van der Waals surface area contributed by atoms with Gasteiger partial charge in [-0.3, -0.25) is 4.79 Å². The fraction of sp³-hybridized carbons (Fsp3) is 0.636. The monoisotopic (exact) mass is 241 g/mol. The maximum absolute atomic E-state index is 11.4. The van der Waals surface area contributed by atoms with Crippen LogP contribution in [0.5, 0.6) is 0 Å². The van der Waals surface area contributed by atoms with Crippen molar-refractivity contribution < 1.29 is 4.79 Å². The van der Waals surface area contributed by atoms with Crippen LogP contribution in [-0.4, -0.2) is 23.5 Å². The van der Waals surface area contributed by atoms with Gasteiger partial charge in [0.05, 0.1) is 5.01 Å². The number of nitrogens with one attached hydrogen (secondary N) is 1. The van der Waals surface area contributed by atoms with Gasteiger partial charge in [-0.1, -0.05) is 6.92 Å². The summed E-state index contributed by atoms with van der Waals surface area (Å²) >= 11 is 1.62. The summed E-state index contributed by atoms with van der Waals surface area (Å²) < 4.78 is 0. The molecule has 1 heterocycles. The zero-order valence-electron chi connectivity index (χ0n) is 9.77. The van der Waals surface area contributed by atoms with Crippen molar-refractivity contribution >= 4 is 17.2 Å². The van der Waals surface area contributed by atoms with E-state index < -0.39 is 0 Å². The molecule has 0 aromatic carbocycles. The minimum Gasteiger partial charge on any atom is -0.355 e. The summed E-state index contributed by atoms with van der Waals surface area (Å²) in [6, 6.07) is 0.0853. The van der Waals surface area contributed by atoms with Crippen molar-refractivity contribution in [3.63, 3.8) is 0 Å². The molecule has 0 aliphatic heterocycles. The second-order valence-corrected chi connectivity index (χ2v) is 5.02. The Morgan fingerprint density at radius 2 is 2.38 bits per heavy atom. The van der Waals surface area contributed by atoms with Gasteiger partial charge in [0.1, 0.15) is 0 Å². The topological polar surface area (TPSA) is 68.0 Å². The van der Waals surface area contributed by atoms with Gasteiger partial charge in [-0.15, -0.1) is 11.3 Å². The number of carbonyl (C=O) groups is 1. The highest BCUT2D eigenvalue weighted by atomic mass is 32.1. The summed E-state index contributed by atoms with van der Waals surface area (Å²) in [4.78, 5) is 15.7. The lowest BCUT2D eigenvalue weighted by molar-refractivity contribution is -0.121. The lowest BCUT2D eigenvalue weighted by Gasteiger charge is -2.10. The fourth-order valence-electron chi connectivity index (χ4n) is 1.28. The van der Waals surface area contributed by atoms with Crippen LogP contribution in [0.25, 0.3) is 0 Å². The molecule has 0 spiro atoms. The van der Waals surface area contributed by atoms with E-state index in [-0.39, 0.29) is 17.9 Å². The number of nitrogens with two attached hydrogens (primary N) is 1. The van der Waals surface area contributed by atoms with Gasteiger partial charge >= 0.3 is 0 Å². The number of hydrogen-bond acceptors (Lipinski definition) is 4. The molecule has 1 aromatic heterocycles. The Balaban J connectivity index is 2.21. The van der Waals surface area contributed by atoms with E-state index in [2.05, 4.69) is 17.2 Å². The maximum Gasteiger partial charge on any atom is 0.220 e. The van der Waals surface area contributed by atoms with Gasteiger partial charge in [-0.2, -0.15) is 0 Å². The van der Waals surface area contributed by atoms with E-state index in [1.165, 1.54) is 0 Å². The van der Waals surface area contributed by atoms with Crippen LogP contribution < -0.4 is 11.1 Å². The van der Waals surface area contributed by atoms with Gasteiger partial charge in [0.15, 0.2) is 0 Å². The third-order valence-corrected chi connectivity index (χ3v) is 3.31. The van der Waals surface area contributed by atoms with Gasteiger partial charge in [0.25, 0.3) is 0 Å². The van der Waals surface area contributed by atoms with Crippen molar-refractivity contribution in [1.82, 2.24) is 10.3 Å². The SMILES string of the molecule is CC(N)CCC(=O)NCC(C)c1nccs1. The minimum atomic E-state index is 0.0701. The number of thiazole rings is 1. The fourth-order valence-corrected chi connectivity index (χ4v) is 1.98. The molecule has 0 radical (unpaired) electrons. The molecule has 0 fully saturated rings. The Morgan fingerprint density at radius 3 is 2.94 bits per heavy atom. The highest BCUT2D eigenvalue weighted by Gasteiger charge is 2.10. The van der Waals surface area contributed by atoms with Gasteiger partial charge in [0, 0.05) is 36.5 Å². The Bertz CT molecular complexity index is 311. The lowest BCUT2D eigenvalue weighted by atomic mass is 10.1. The van der Waals surface area contributed by atoms with Crippen molar-refractivity contribution in [3.05, 3.63) is 16.6 Å². The third kappa shape index (κ3) is 4.72. The van der Waals surface area contributed by atoms with Crippen LogP contribution in [0.1, 0.15) is 37.6 Å². The average Bonchev–Trinajstić information content (AvgIpc) is 2.76. The molecule has 1 rings (SSSR count). The average molecular weight is 241 g/mol. The third-order valence-electron chi connectivity index (χ3n) is 2.31. The number of nitrogens with zero attached hydrogens (tertiary/aromatic N) is 1. The lowest BCUT2D eigenvalue weighted by Crippen LogP contribution is -2.28. The number of carbonyl (C=O) groups excluding carboxylic acids is 1. The zero-order chi connectivity index (χ0) is 12.0. The molecule has 90 valence electrons. The summed E-state index contributed by atoms with van der Waals surface area (Å²) in [5.74, 6) is 0.347. The van der Waals surface area contributed by atoms with Crippen LogP contribution in [0.4, 0.5) is 0 Å². The Kier molecular flexibility index (Phi) is 5.42. The Labute approximate surface area is 100 Å². The number of aromatic nitrogens is 1. The second kappa shape index (κ2) is 6.60. The zero-order valence-corrected chi connectivity index (χ0v) is 10.6. The van der Waals surface area contributed by atoms with Crippen LogP contribution in [-0.2, 0) is 4.79 Å². The maximum atomic E-state index is 11.4. The minimum absolute atomic E-state index is 0.0701. The van der Waals surface area contributed by atoms with Crippen LogP contribution in [0.3, 0.4) is 0 Å². The van der Waals surface area contributed by atoms with Crippen molar-refractivity contribution in [1.29, 1.82) is 0 Å². The predicted octanol–water partition coefficient (Wildman–Crippen LogP) is 1.49. The van der Waals surface area contributed by atoms with Crippen LogP contribution in [0.15, 0.2) is 11.6 Å². The molecule has 0 aliphatic rings. The van der Waals surface area contributed by atoms with Crippen LogP contribution in [0.2, 0.25) is 0 Å². The molecular formula is C11H19N3OS. The molecule has 5 heteroatoms. The van der Waals surface area contributed by atoms with E-state index in [4.69, 9.17) is 5.73 Å². The summed E-state index contributed by atoms with van der Waals surface area (Å²) in [7, 11) is 0. The Morgan fingerprint density at radius 1 is 1.62 bits per heavy atom. The first-order chi connectivity index (χ1) is 7.59. The molecular weight excluding hydrogens is 222 g/mol. The quantitative estimate of drug-likeness (QED) is 0.793. The summed E-state index contributed by atoms with van der Waals surface area (Å²) in [5.41, 5.74) is 5.59. The highest BCUT2D eigenvalue weighted by Crippen LogP contribution is 2.16. The second-order valence-electron chi connectivity index (χ2n) is 4.09. The number of hydrogen-bond donors (Lipinski definition) is 2. The van der Waals surface area contributed by atoms with Crippen molar-refractivity contribution in [3.8, 4) is 0 Å². The molecule has 1 aromatic rings. The predicted molar refractivity (Wildman–Crippen MR) is 66.4 cm³/mol. The molecule has 2 unspecified atom stereocenters. The molecule has 0 saturated carbocycles. The molecule has 3 N–H and O–H groups in total. The molecule has 0 saturated heterocycles. The first-order valence-electron chi connectivity index (χ1n) is 5.51. The molecule has 2 atom stereocenters. The van der Waals surface area contributed by atoms with Gasteiger partial charge in [-0.25, -0.2) is 4.98 Å². The van der Waals surface area contributed by atoms with Crippen molar-refractivity contribution in [2.75, 3.05) is 6.54 Å². The first-order valence-corrected chi connectivity index (χ1v) is 6.39. The molecule has 0 aliphatic carbocycles. The summed E-state index contributed by atoms with van der Waals surface area (Å²) in [5, 5.41) is 5.91. The first kappa shape index (κ1) is 13.1. The molecule has 4 nitrogen and oxygen atoms in total. The van der Waals surface area contributed by atoms with Crippen LogP contribution in [0, 0.1) is 0 Å². The molecule has 0 bridgehead atoms. The van der Waals surface area contributed by atoms with E-state index >= 15 is 0 Å². The summed E-state index contributed by atoms with van der Waals surface area (Å²) in [6.45, 7) is 4.61. The number of rotatable bonds is 6. The highest BCUT2D eigenvalue weighted by molar-refractivity contribution is 7.09. The van der Waals surface area contributed by atoms with Gasteiger partial charge in [0.2, 0.25) is 5.91 Å². The molecule has 16 heavy (non-hydrogen) atoms. The van der Waals surface area contributed by atoms with E-state index in [9.17, 15) is 4.79 Å². The standard InChI is InChI=1S/C11H19N3OS/c1-8(11-13-5-6-16-11)7-14-10(15)4-3-9(2)12/h5-6,8-9H,3-4,7,12H2,1-2H3,(H,14,15). The Hall–Kier alpha value is -0.940. The van der Waals surface area contributed by atoms with E-state index in [1.54, 1.807) is 17.5 Å². The van der Waals surface area contributed by atoms with Crippen molar-refractivity contribution in [2.24, 2.45) is 5.73 Å². The van der Waals surface area contributed by atoms with E-state index in [0.717, 1.165) is 11.4 Å². The summed E-state index contributed by atoms with van der Waals surface area (Å²) in [6.07, 6.45) is 3.02. The molecule has 1 amide bonds. The van der Waals surface area contributed by atoms with Gasteiger partial charge in [-0.05, 0) is 13.3 Å². The van der Waals surface area contributed by atoms with E-state index in [0.29, 0.717) is 13.0 Å². The largest absolute Gasteiger partial charge is 0.355 e. The van der Waals surface area contributed by atoms with Crippen molar-refractivity contribution in [2.45, 2.75) is 38.6 Å². The number of amides is 1. The van der Waals surface area contributed by atoms with Gasteiger partial charge < -0.3 is 11.1 Å². The van der Waals surface area contributed by atoms with E-state index in [1.807, 2.05) is 12.3 Å².